The minimum atomic E-state index is -0.262. The molecule has 0 fully saturated rings. The molecule has 0 radical (unpaired) electrons. The summed E-state index contributed by atoms with van der Waals surface area (Å²) in [5.74, 6) is 0.384. The number of hydrogen-bond donors (Lipinski definition) is 2. The minimum absolute atomic E-state index is 0.0859. The van der Waals surface area contributed by atoms with Crippen molar-refractivity contribution in [2.45, 2.75) is 45.2 Å². The first kappa shape index (κ1) is 24.5. The lowest BCUT2D eigenvalue weighted by molar-refractivity contribution is -0.122. The van der Waals surface area contributed by atoms with E-state index in [9.17, 15) is 9.59 Å². The zero-order valence-corrected chi connectivity index (χ0v) is 20.8. The van der Waals surface area contributed by atoms with Gasteiger partial charge in [0.1, 0.15) is 0 Å². The monoisotopic (exact) mass is 465 g/mol. The Morgan fingerprint density at radius 1 is 1.00 bits per heavy atom. The number of nitrogens with one attached hydrogen (secondary N) is 2. The van der Waals surface area contributed by atoms with Crippen LogP contribution in [0.1, 0.15) is 37.5 Å². The van der Waals surface area contributed by atoms with E-state index in [0.717, 1.165) is 28.2 Å². The average molecular weight is 466 g/mol. The van der Waals surface area contributed by atoms with Crippen LogP contribution in [0.25, 0.3) is 11.4 Å². The van der Waals surface area contributed by atoms with Gasteiger partial charge in [0, 0.05) is 18.3 Å². The van der Waals surface area contributed by atoms with Crippen molar-refractivity contribution in [3.8, 4) is 11.4 Å². The van der Waals surface area contributed by atoms with Gasteiger partial charge in [-0.1, -0.05) is 68.9 Å². The van der Waals surface area contributed by atoms with Crippen LogP contribution < -0.4 is 10.6 Å². The molecule has 0 spiro atoms. The van der Waals surface area contributed by atoms with Crippen LogP contribution in [0.3, 0.4) is 0 Å². The molecule has 0 saturated heterocycles. The molecule has 2 amide bonds. The summed E-state index contributed by atoms with van der Waals surface area (Å²) in [5.41, 5.74) is 5.17. The fraction of sp³-hybridized carbons (Fsp3) is 0.360. The molecule has 0 atom stereocenters. The van der Waals surface area contributed by atoms with E-state index in [-0.39, 0.29) is 29.5 Å². The molecule has 8 heteroatoms. The Balaban J connectivity index is 1.52. The molecule has 1 aromatic heterocycles. The Morgan fingerprint density at radius 2 is 1.70 bits per heavy atom. The van der Waals surface area contributed by atoms with Gasteiger partial charge in [-0.25, -0.2) is 0 Å². The maximum Gasteiger partial charge on any atom is 0.243 e. The highest BCUT2D eigenvalue weighted by atomic mass is 32.2. The van der Waals surface area contributed by atoms with E-state index in [2.05, 4.69) is 53.7 Å². The number of carbonyl (C=O) groups is 2. The predicted molar refractivity (Wildman–Crippen MR) is 133 cm³/mol. The molecule has 0 aliphatic heterocycles. The molecular formula is C25H31N5O2S. The molecule has 0 aliphatic carbocycles. The van der Waals surface area contributed by atoms with Crippen molar-refractivity contribution in [3.63, 3.8) is 0 Å². The summed E-state index contributed by atoms with van der Waals surface area (Å²) in [6.45, 7) is 10.4. The summed E-state index contributed by atoms with van der Waals surface area (Å²) in [7, 11) is 1.88. The van der Waals surface area contributed by atoms with Crippen LogP contribution >= 0.6 is 11.8 Å². The van der Waals surface area contributed by atoms with Gasteiger partial charge >= 0.3 is 0 Å². The second kappa shape index (κ2) is 10.2. The van der Waals surface area contributed by atoms with Crippen LogP contribution in [0.5, 0.6) is 0 Å². The smallest absolute Gasteiger partial charge is 0.243 e. The lowest BCUT2D eigenvalue weighted by Gasteiger charge is -2.19. The molecule has 0 saturated carbocycles. The van der Waals surface area contributed by atoms with Gasteiger partial charge in [-0.3, -0.25) is 9.59 Å². The van der Waals surface area contributed by atoms with Gasteiger partial charge in [0.2, 0.25) is 11.8 Å². The third kappa shape index (κ3) is 6.22. The number of amides is 2. The number of rotatable bonds is 7. The van der Waals surface area contributed by atoms with Crippen molar-refractivity contribution in [1.82, 2.24) is 20.1 Å². The van der Waals surface area contributed by atoms with Gasteiger partial charge < -0.3 is 15.2 Å². The number of aromatic nitrogens is 3. The quantitative estimate of drug-likeness (QED) is 0.510. The maximum absolute atomic E-state index is 12.2. The predicted octanol–water partition coefficient (Wildman–Crippen LogP) is 4.24. The van der Waals surface area contributed by atoms with Crippen LogP contribution in [0, 0.1) is 13.8 Å². The minimum Gasteiger partial charge on any atom is -0.346 e. The average Bonchev–Trinajstić information content (AvgIpc) is 3.14. The second-order valence-electron chi connectivity index (χ2n) is 9.05. The standard InChI is InChI=1S/C25H31N5O2S/c1-16-8-7-9-20(17(16)2)27-21(31)14-26-22(32)15-33-24-29-28-23(30(24)6)18-10-12-19(13-11-18)25(3,4)5/h7-13H,14-15H2,1-6H3,(H,26,32)(H,27,31). The first-order valence-electron chi connectivity index (χ1n) is 10.8. The van der Waals surface area contributed by atoms with Crippen LogP contribution in [-0.4, -0.2) is 38.9 Å². The topological polar surface area (TPSA) is 88.9 Å². The Labute approximate surface area is 199 Å². The Morgan fingerprint density at radius 3 is 2.36 bits per heavy atom. The number of hydrogen-bond acceptors (Lipinski definition) is 5. The Bertz CT molecular complexity index is 1150. The SMILES string of the molecule is Cc1cccc(NC(=O)CNC(=O)CSc2nnc(-c3ccc(C(C)(C)C)cc3)n2C)c1C. The maximum atomic E-state index is 12.2. The number of carbonyl (C=O) groups excluding carboxylic acids is 2. The fourth-order valence-electron chi connectivity index (χ4n) is 3.25. The molecular weight excluding hydrogens is 434 g/mol. The molecule has 174 valence electrons. The van der Waals surface area contributed by atoms with E-state index in [0.29, 0.717) is 5.16 Å². The number of nitrogens with zero attached hydrogens (tertiary/aromatic N) is 3. The van der Waals surface area contributed by atoms with Gasteiger partial charge in [-0.15, -0.1) is 10.2 Å². The normalized spacial score (nSPS) is 11.3. The van der Waals surface area contributed by atoms with E-state index in [4.69, 9.17) is 0 Å². The van der Waals surface area contributed by atoms with Crippen molar-refractivity contribution >= 4 is 29.3 Å². The highest BCUT2D eigenvalue weighted by Crippen LogP contribution is 2.27. The van der Waals surface area contributed by atoms with E-state index >= 15 is 0 Å². The first-order chi connectivity index (χ1) is 15.6. The fourth-order valence-corrected chi connectivity index (χ4v) is 3.99. The zero-order chi connectivity index (χ0) is 24.2. The number of benzene rings is 2. The Hall–Kier alpha value is -3.13. The van der Waals surface area contributed by atoms with Gasteiger partial charge in [0.05, 0.1) is 12.3 Å². The van der Waals surface area contributed by atoms with E-state index in [1.165, 1.54) is 17.3 Å². The molecule has 1 heterocycles. The van der Waals surface area contributed by atoms with Crippen molar-refractivity contribution in [1.29, 1.82) is 0 Å². The van der Waals surface area contributed by atoms with Crippen LogP contribution in [0.2, 0.25) is 0 Å². The largest absolute Gasteiger partial charge is 0.346 e. The summed E-state index contributed by atoms with van der Waals surface area (Å²) in [6.07, 6.45) is 0. The van der Waals surface area contributed by atoms with Crippen molar-refractivity contribution < 1.29 is 9.59 Å². The Kier molecular flexibility index (Phi) is 7.58. The van der Waals surface area contributed by atoms with Crippen LogP contribution in [-0.2, 0) is 22.1 Å². The van der Waals surface area contributed by atoms with Crippen molar-refractivity contribution in [2.75, 3.05) is 17.6 Å². The van der Waals surface area contributed by atoms with E-state index in [1.54, 1.807) is 0 Å². The van der Waals surface area contributed by atoms with Crippen LogP contribution in [0.4, 0.5) is 5.69 Å². The number of anilines is 1. The van der Waals surface area contributed by atoms with Crippen LogP contribution in [0.15, 0.2) is 47.6 Å². The highest BCUT2D eigenvalue weighted by molar-refractivity contribution is 7.99. The third-order valence-corrected chi connectivity index (χ3v) is 6.52. The van der Waals surface area contributed by atoms with Gasteiger partial charge in [-0.2, -0.15) is 0 Å². The number of thioether (sulfide) groups is 1. The number of aryl methyl sites for hydroxylation is 1. The second-order valence-corrected chi connectivity index (χ2v) is 10.00. The van der Waals surface area contributed by atoms with Gasteiger partial charge in [0.25, 0.3) is 0 Å². The summed E-state index contributed by atoms with van der Waals surface area (Å²) >= 11 is 1.28. The summed E-state index contributed by atoms with van der Waals surface area (Å²) in [4.78, 5) is 24.4. The molecule has 3 aromatic rings. The molecule has 0 unspecified atom stereocenters. The van der Waals surface area contributed by atoms with Gasteiger partial charge in [-0.05, 0) is 42.0 Å². The summed E-state index contributed by atoms with van der Waals surface area (Å²) in [5, 5.41) is 14.6. The van der Waals surface area contributed by atoms with Crippen molar-refractivity contribution in [2.24, 2.45) is 7.05 Å². The lowest BCUT2D eigenvalue weighted by Crippen LogP contribution is -2.34. The lowest BCUT2D eigenvalue weighted by atomic mass is 9.87. The first-order valence-corrected chi connectivity index (χ1v) is 11.8. The molecule has 2 N–H and O–H groups in total. The highest BCUT2D eigenvalue weighted by Gasteiger charge is 2.16. The third-order valence-electron chi connectivity index (χ3n) is 5.50. The molecule has 7 nitrogen and oxygen atoms in total. The molecule has 3 rings (SSSR count). The molecule has 33 heavy (non-hydrogen) atoms. The molecule has 2 aromatic carbocycles. The molecule has 0 aliphatic rings. The molecule has 0 bridgehead atoms. The van der Waals surface area contributed by atoms with E-state index < -0.39 is 0 Å². The summed E-state index contributed by atoms with van der Waals surface area (Å²) in [6, 6.07) is 14.0. The zero-order valence-electron chi connectivity index (χ0n) is 20.0. The van der Waals surface area contributed by atoms with Crippen molar-refractivity contribution in [3.05, 3.63) is 59.2 Å². The summed E-state index contributed by atoms with van der Waals surface area (Å²) < 4.78 is 1.87. The van der Waals surface area contributed by atoms with Gasteiger partial charge in [0.15, 0.2) is 11.0 Å². The van der Waals surface area contributed by atoms with E-state index in [1.807, 2.05) is 55.8 Å².